The van der Waals surface area contributed by atoms with Crippen LogP contribution in [0.1, 0.15) is 55.6 Å². The molecule has 0 radical (unpaired) electrons. The number of carbonyl (C=O) groups is 1. The molecule has 0 aliphatic carbocycles. The zero-order chi connectivity index (χ0) is 18.1. The van der Waals surface area contributed by atoms with Crippen LogP contribution in [0, 0.1) is 0 Å². The molecule has 138 valence electrons. The van der Waals surface area contributed by atoms with Gasteiger partial charge in [-0.1, -0.05) is 24.3 Å². The Morgan fingerprint density at radius 2 is 1.92 bits per heavy atom. The molecule has 3 heterocycles. The zero-order valence-electron chi connectivity index (χ0n) is 15.7. The third-order valence-corrected chi connectivity index (χ3v) is 5.81. The van der Waals surface area contributed by atoms with Crippen LogP contribution in [0.4, 0.5) is 0 Å². The van der Waals surface area contributed by atoms with Crippen molar-refractivity contribution in [3.8, 4) is 0 Å². The number of benzene rings is 1. The average molecular weight is 352 g/mol. The first-order chi connectivity index (χ1) is 12.6. The Morgan fingerprint density at radius 3 is 2.65 bits per heavy atom. The quantitative estimate of drug-likeness (QED) is 0.924. The van der Waals surface area contributed by atoms with Gasteiger partial charge in [0.1, 0.15) is 5.82 Å². The van der Waals surface area contributed by atoms with Gasteiger partial charge in [-0.2, -0.15) is 0 Å². The summed E-state index contributed by atoms with van der Waals surface area (Å²) in [7, 11) is 0. The summed E-state index contributed by atoms with van der Waals surface area (Å²) < 4.78 is 2.27. The van der Waals surface area contributed by atoms with Crippen molar-refractivity contribution in [2.45, 2.75) is 57.7 Å². The third-order valence-electron chi connectivity index (χ3n) is 5.81. The molecule has 5 heteroatoms. The first kappa shape index (κ1) is 17.3. The van der Waals surface area contributed by atoms with Crippen LogP contribution < -0.4 is 5.32 Å². The summed E-state index contributed by atoms with van der Waals surface area (Å²) >= 11 is 0. The smallest absolute Gasteiger partial charge is 0.240 e. The maximum Gasteiger partial charge on any atom is 0.240 e. The summed E-state index contributed by atoms with van der Waals surface area (Å²) in [5, 5.41) is 3.43. The van der Waals surface area contributed by atoms with Crippen LogP contribution in [0.3, 0.4) is 0 Å². The Bertz CT molecular complexity index is 774. The Labute approximate surface area is 155 Å². The van der Waals surface area contributed by atoms with Gasteiger partial charge in [0.25, 0.3) is 0 Å². The number of hydrogen-bond donors (Lipinski definition) is 1. The van der Waals surface area contributed by atoms with Gasteiger partial charge in [0, 0.05) is 44.0 Å². The number of rotatable bonds is 3. The first-order valence-electron chi connectivity index (χ1n) is 9.75. The highest BCUT2D eigenvalue weighted by Crippen LogP contribution is 2.29. The van der Waals surface area contributed by atoms with E-state index in [1.807, 2.05) is 11.1 Å². The van der Waals surface area contributed by atoms with Crippen LogP contribution in [0.15, 0.2) is 36.7 Å². The van der Waals surface area contributed by atoms with E-state index in [1.54, 1.807) is 0 Å². The molecule has 2 aliphatic heterocycles. The molecule has 1 N–H and O–H groups in total. The van der Waals surface area contributed by atoms with Crippen LogP contribution in [0.25, 0.3) is 0 Å². The van der Waals surface area contributed by atoms with Crippen LogP contribution in [-0.4, -0.2) is 39.5 Å². The van der Waals surface area contributed by atoms with Gasteiger partial charge in [-0.05, 0) is 44.2 Å². The van der Waals surface area contributed by atoms with E-state index in [0.717, 1.165) is 38.9 Å². The van der Waals surface area contributed by atoms with E-state index in [2.05, 4.69) is 59.2 Å². The molecule has 1 aromatic heterocycles. The lowest BCUT2D eigenvalue weighted by atomic mass is 9.92. The van der Waals surface area contributed by atoms with Crippen molar-refractivity contribution in [2.24, 2.45) is 0 Å². The number of piperidine rings is 1. The Hall–Kier alpha value is -2.14. The summed E-state index contributed by atoms with van der Waals surface area (Å²) in [6.45, 7) is 6.82. The largest absolute Gasteiger partial charge is 0.341 e. The molecule has 1 atom stereocenters. The van der Waals surface area contributed by atoms with Gasteiger partial charge in [0.05, 0.1) is 6.04 Å². The fraction of sp³-hybridized carbons (Fsp3) is 0.524. The van der Waals surface area contributed by atoms with E-state index in [4.69, 9.17) is 0 Å². The van der Waals surface area contributed by atoms with Crippen LogP contribution in [0.5, 0.6) is 0 Å². The molecule has 1 saturated heterocycles. The summed E-state index contributed by atoms with van der Waals surface area (Å²) in [6, 6.07) is 8.76. The summed E-state index contributed by atoms with van der Waals surface area (Å²) in [4.78, 5) is 19.6. The molecule has 26 heavy (non-hydrogen) atoms. The van der Waals surface area contributed by atoms with Gasteiger partial charge >= 0.3 is 0 Å². The summed E-state index contributed by atoms with van der Waals surface area (Å²) in [5.74, 6) is 1.89. The van der Waals surface area contributed by atoms with Crippen molar-refractivity contribution in [3.63, 3.8) is 0 Å². The lowest BCUT2D eigenvalue weighted by molar-refractivity contribution is -0.134. The minimum absolute atomic E-state index is 0.0842. The Kier molecular flexibility index (Phi) is 4.81. The SMILES string of the molecule is CC(C)n1ccnc1C1CCN(C(=O)[C@H]2Cc3ccccc3CN2)CC1. The number of aromatic nitrogens is 2. The predicted molar refractivity (Wildman–Crippen MR) is 102 cm³/mol. The minimum Gasteiger partial charge on any atom is -0.341 e. The van der Waals surface area contributed by atoms with E-state index in [1.165, 1.54) is 17.0 Å². The fourth-order valence-corrected chi connectivity index (χ4v) is 4.28. The lowest BCUT2D eigenvalue weighted by Crippen LogP contribution is -2.51. The normalized spacial score (nSPS) is 21.0. The number of imidazole rings is 1. The van der Waals surface area contributed by atoms with E-state index in [-0.39, 0.29) is 11.9 Å². The summed E-state index contributed by atoms with van der Waals surface area (Å²) in [6.07, 6.45) is 6.77. The molecule has 4 rings (SSSR count). The highest BCUT2D eigenvalue weighted by molar-refractivity contribution is 5.82. The van der Waals surface area contributed by atoms with Crippen molar-refractivity contribution in [3.05, 3.63) is 53.6 Å². The van der Waals surface area contributed by atoms with Crippen molar-refractivity contribution in [1.82, 2.24) is 19.8 Å². The van der Waals surface area contributed by atoms with Crippen LogP contribution in [0.2, 0.25) is 0 Å². The maximum absolute atomic E-state index is 13.0. The standard InChI is InChI=1S/C21H28N4O/c1-15(2)25-12-9-22-20(25)16-7-10-24(11-8-16)21(26)19-13-17-5-3-4-6-18(17)14-23-19/h3-6,9,12,15-16,19,23H,7-8,10-11,13-14H2,1-2H3/t19-/m1/s1. The Balaban J connectivity index is 1.38. The van der Waals surface area contributed by atoms with Crippen molar-refractivity contribution >= 4 is 5.91 Å². The van der Waals surface area contributed by atoms with Gasteiger partial charge in [-0.3, -0.25) is 4.79 Å². The van der Waals surface area contributed by atoms with Gasteiger partial charge in [-0.15, -0.1) is 0 Å². The van der Waals surface area contributed by atoms with Gasteiger partial charge in [0.2, 0.25) is 5.91 Å². The topological polar surface area (TPSA) is 50.2 Å². The Morgan fingerprint density at radius 1 is 1.19 bits per heavy atom. The molecular weight excluding hydrogens is 324 g/mol. The second-order valence-corrected chi connectivity index (χ2v) is 7.79. The molecule has 0 bridgehead atoms. The number of likely N-dealkylation sites (tertiary alicyclic amines) is 1. The van der Waals surface area contributed by atoms with Crippen LogP contribution in [-0.2, 0) is 17.8 Å². The molecule has 2 aliphatic rings. The third kappa shape index (κ3) is 3.28. The second-order valence-electron chi connectivity index (χ2n) is 7.79. The van der Waals surface area contributed by atoms with E-state index in [9.17, 15) is 4.79 Å². The molecule has 1 amide bonds. The van der Waals surface area contributed by atoms with Gasteiger partial charge in [0.15, 0.2) is 0 Å². The molecule has 0 spiro atoms. The molecule has 1 aromatic carbocycles. The number of nitrogens with one attached hydrogen (secondary N) is 1. The number of hydrogen-bond acceptors (Lipinski definition) is 3. The van der Waals surface area contributed by atoms with Crippen molar-refractivity contribution < 1.29 is 4.79 Å². The van der Waals surface area contributed by atoms with Crippen molar-refractivity contribution in [1.29, 1.82) is 0 Å². The molecule has 2 aromatic rings. The monoisotopic (exact) mass is 352 g/mol. The van der Waals surface area contributed by atoms with Gasteiger partial charge in [-0.25, -0.2) is 4.98 Å². The number of fused-ring (bicyclic) bond motifs is 1. The lowest BCUT2D eigenvalue weighted by Gasteiger charge is -2.36. The fourth-order valence-electron chi connectivity index (χ4n) is 4.28. The first-order valence-corrected chi connectivity index (χ1v) is 9.75. The zero-order valence-corrected chi connectivity index (χ0v) is 15.7. The molecular formula is C21H28N4O. The minimum atomic E-state index is -0.0842. The number of amides is 1. The highest BCUT2D eigenvalue weighted by atomic mass is 16.2. The van der Waals surface area contributed by atoms with E-state index in [0.29, 0.717) is 12.0 Å². The molecule has 1 fully saturated rings. The van der Waals surface area contributed by atoms with E-state index >= 15 is 0 Å². The second kappa shape index (κ2) is 7.23. The predicted octanol–water partition coefficient (Wildman–Crippen LogP) is 2.88. The number of nitrogens with zero attached hydrogens (tertiary/aromatic N) is 3. The number of carbonyl (C=O) groups excluding carboxylic acids is 1. The van der Waals surface area contributed by atoms with E-state index < -0.39 is 0 Å². The molecule has 5 nitrogen and oxygen atoms in total. The molecule has 0 saturated carbocycles. The van der Waals surface area contributed by atoms with Crippen LogP contribution >= 0.6 is 0 Å². The maximum atomic E-state index is 13.0. The van der Waals surface area contributed by atoms with Crippen molar-refractivity contribution in [2.75, 3.05) is 13.1 Å². The summed E-state index contributed by atoms with van der Waals surface area (Å²) in [5.41, 5.74) is 2.62. The highest BCUT2D eigenvalue weighted by Gasteiger charge is 2.32. The van der Waals surface area contributed by atoms with Gasteiger partial charge < -0.3 is 14.8 Å². The molecule has 0 unspecified atom stereocenters. The average Bonchev–Trinajstić information content (AvgIpc) is 3.17.